The van der Waals surface area contributed by atoms with Crippen molar-refractivity contribution in [2.75, 3.05) is 13.1 Å². The molecule has 1 saturated heterocycles. The lowest BCUT2D eigenvalue weighted by Gasteiger charge is -2.35. The SMILES string of the molecule is Cc1[nH]nc(C2CC2)c1C(=O)N1C[C@H]2C[C@@H](Oc3ccc(F)cc3)[C@H](O)C[C@H]2C1. The van der Waals surface area contributed by atoms with E-state index in [1.165, 1.54) is 12.1 Å². The Balaban J connectivity index is 1.28. The van der Waals surface area contributed by atoms with E-state index >= 15 is 0 Å². The van der Waals surface area contributed by atoms with Gasteiger partial charge in [-0.25, -0.2) is 4.39 Å². The van der Waals surface area contributed by atoms with Gasteiger partial charge in [0.05, 0.1) is 17.4 Å². The van der Waals surface area contributed by atoms with Crippen LogP contribution in [0.2, 0.25) is 0 Å². The number of ether oxygens (including phenoxy) is 1. The third-order valence-electron chi connectivity index (χ3n) is 6.63. The van der Waals surface area contributed by atoms with Gasteiger partial charge < -0.3 is 14.7 Å². The molecule has 6 nitrogen and oxygen atoms in total. The van der Waals surface area contributed by atoms with Crippen LogP contribution in [-0.4, -0.2) is 51.4 Å². The quantitative estimate of drug-likeness (QED) is 0.828. The fourth-order valence-corrected chi connectivity index (χ4v) is 4.90. The molecule has 1 aromatic carbocycles. The topological polar surface area (TPSA) is 78.5 Å². The highest BCUT2D eigenvalue weighted by atomic mass is 19.1. The molecule has 7 heteroatoms. The molecule has 1 amide bonds. The first kappa shape index (κ1) is 18.6. The number of amides is 1. The largest absolute Gasteiger partial charge is 0.488 e. The molecule has 2 aliphatic carbocycles. The number of halogens is 1. The number of aromatic nitrogens is 2. The standard InChI is InChI=1S/C22H26FN3O3/c1-12-20(21(25-24-12)13-2-3-13)22(28)26-10-14-8-18(27)19(9-15(14)11-26)29-17-6-4-16(23)5-7-17/h4-7,13-15,18-19,27H,2-3,8-11H2,1H3,(H,24,25)/t14-,15+,18+,19+/m0/s1. The number of aliphatic hydroxyl groups excluding tert-OH is 1. The number of hydrogen-bond donors (Lipinski definition) is 2. The summed E-state index contributed by atoms with van der Waals surface area (Å²) in [6.45, 7) is 3.25. The Bertz CT molecular complexity index is 909. The molecule has 2 saturated carbocycles. The maximum Gasteiger partial charge on any atom is 0.257 e. The summed E-state index contributed by atoms with van der Waals surface area (Å²) in [5, 5.41) is 18.0. The number of rotatable bonds is 4. The van der Waals surface area contributed by atoms with Crippen LogP contribution in [0.25, 0.3) is 0 Å². The molecular formula is C22H26FN3O3. The highest BCUT2D eigenvalue weighted by molar-refractivity contribution is 5.97. The monoisotopic (exact) mass is 399 g/mol. The van der Waals surface area contributed by atoms with Crippen LogP contribution in [0, 0.1) is 24.6 Å². The third kappa shape index (κ3) is 3.52. The summed E-state index contributed by atoms with van der Waals surface area (Å²) in [6.07, 6.45) is 2.57. The number of nitrogens with one attached hydrogen (secondary N) is 1. The molecule has 2 heterocycles. The molecule has 2 N–H and O–H groups in total. The molecule has 0 spiro atoms. The van der Waals surface area contributed by atoms with Crippen molar-refractivity contribution in [1.82, 2.24) is 15.1 Å². The number of aliphatic hydroxyl groups is 1. The van der Waals surface area contributed by atoms with E-state index in [1.807, 2.05) is 11.8 Å². The summed E-state index contributed by atoms with van der Waals surface area (Å²) in [5.74, 6) is 1.29. The van der Waals surface area contributed by atoms with Gasteiger partial charge in [-0.15, -0.1) is 0 Å². The smallest absolute Gasteiger partial charge is 0.257 e. The molecule has 0 unspecified atom stereocenters. The van der Waals surface area contributed by atoms with Crippen LogP contribution in [0.4, 0.5) is 4.39 Å². The molecule has 1 aromatic heterocycles. The van der Waals surface area contributed by atoms with Gasteiger partial charge in [0.2, 0.25) is 0 Å². The van der Waals surface area contributed by atoms with Crippen molar-refractivity contribution in [3.63, 3.8) is 0 Å². The van der Waals surface area contributed by atoms with Crippen molar-refractivity contribution in [3.05, 3.63) is 47.0 Å². The van der Waals surface area contributed by atoms with Gasteiger partial charge in [0, 0.05) is 24.7 Å². The highest BCUT2D eigenvalue weighted by Gasteiger charge is 2.45. The maximum absolute atomic E-state index is 13.2. The number of H-pyrrole nitrogens is 1. The van der Waals surface area contributed by atoms with Gasteiger partial charge in [-0.3, -0.25) is 9.89 Å². The van der Waals surface area contributed by atoms with E-state index in [0.717, 1.165) is 29.8 Å². The van der Waals surface area contributed by atoms with Crippen LogP contribution in [0.1, 0.15) is 53.3 Å². The van der Waals surface area contributed by atoms with Crippen molar-refractivity contribution < 1.29 is 19.0 Å². The number of aryl methyl sites for hydroxylation is 1. The van der Waals surface area contributed by atoms with Crippen molar-refractivity contribution in [1.29, 1.82) is 0 Å². The zero-order valence-electron chi connectivity index (χ0n) is 16.5. The minimum atomic E-state index is -0.589. The Labute approximate surface area is 169 Å². The molecule has 29 heavy (non-hydrogen) atoms. The van der Waals surface area contributed by atoms with Crippen LogP contribution < -0.4 is 4.74 Å². The average Bonchev–Trinajstić information content (AvgIpc) is 3.35. The fourth-order valence-electron chi connectivity index (χ4n) is 4.90. The minimum Gasteiger partial charge on any atom is -0.488 e. The van der Waals surface area contributed by atoms with Gasteiger partial charge in [-0.1, -0.05) is 0 Å². The molecule has 154 valence electrons. The summed E-state index contributed by atoms with van der Waals surface area (Å²) in [7, 11) is 0. The van der Waals surface area contributed by atoms with Gasteiger partial charge in [0.25, 0.3) is 5.91 Å². The van der Waals surface area contributed by atoms with Crippen molar-refractivity contribution in [2.45, 2.75) is 50.7 Å². The number of fused-ring (bicyclic) bond motifs is 1. The number of carbonyl (C=O) groups excluding carboxylic acids is 1. The van der Waals surface area contributed by atoms with Gasteiger partial charge >= 0.3 is 0 Å². The van der Waals surface area contributed by atoms with Crippen LogP contribution in [0.3, 0.4) is 0 Å². The summed E-state index contributed by atoms with van der Waals surface area (Å²) >= 11 is 0. The lowest BCUT2D eigenvalue weighted by molar-refractivity contribution is -0.0231. The van der Waals surface area contributed by atoms with Gasteiger partial charge in [0.1, 0.15) is 17.7 Å². The number of nitrogens with zero attached hydrogens (tertiary/aromatic N) is 2. The van der Waals surface area contributed by atoms with E-state index in [2.05, 4.69) is 10.2 Å². The number of aromatic amines is 1. The molecule has 0 bridgehead atoms. The van der Waals surface area contributed by atoms with E-state index in [9.17, 15) is 14.3 Å². The molecule has 5 rings (SSSR count). The molecule has 2 aromatic rings. The summed E-state index contributed by atoms with van der Waals surface area (Å²) in [6, 6.07) is 5.88. The van der Waals surface area contributed by atoms with E-state index in [-0.39, 0.29) is 23.7 Å². The Morgan fingerprint density at radius 1 is 1.21 bits per heavy atom. The first-order valence-corrected chi connectivity index (χ1v) is 10.4. The maximum atomic E-state index is 13.2. The Morgan fingerprint density at radius 3 is 2.59 bits per heavy atom. The molecular weight excluding hydrogens is 373 g/mol. The average molecular weight is 399 g/mol. The van der Waals surface area contributed by atoms with Gasteiger partial charge in [-0.2, -0.15) is 5.10 Å². The number of hydrogen-bond acceptors (Lipinski definition) is 4. The normalized spacial score (nSPS) is 29.0. The van der Waals surface area contributed by atoms with Crippen LogP contribution >= 0.6 is 0 Å². The third-order valence-corrected chi connectivity index (χ3v) is 6.63. The lowest BCUT2D eigenvalue weighted by Crippen LogP contribution is -2.42. The Morgan fingerprint density at radius 2 is 1.90 bits per heavy atom. The first-order chi connectivity index (χ1) is 14.0. The summed E-state index contributed by atoms with van der Waals surface area (Å²) < 4.78 is 19.1. The second kappa shape index (κ2) is 7.13. The summed E-state index contributed by atoms with van der Waals surface area (Å²) in [4.78, 5) is 15.2. The Kier molecular flexibility index (Phi) is 4.57. The van der Waals surface area contributed by atoms with Crippen LogP contribution in [0.5, 0.6) is 5.75 Å². The van der Waals surface area contributed by atoms with E-state index in [1.54, 1.807) is 12.1 Å². The number of carbonyl (C=O) groups is 1. The van der Waals surface area contributed by atoms with Gasteiger partial charge in [0.15, 0.2) is 0 Å². The summed E-state index contributed by atoms with van der Waals surface area (Å²) in [5.41, 5.74) is 2.50. The van der Waals surface area contributed by atoms with Crippen LogP contribution in [0.15, 0.2) is 24.3 Å². The number of likely N-dealkylation sites (tertiary alicyclic amines) is 1. The zero-order valence-corrected chi connectivity index (χ0v) is 16.5. The lowest BCUT2D eigenvalue weighted by atomic mass is 9.78. The second-order valence-electron chi connectivity index (χ2n) is 8.76. The highest BCUT2D eigenvalue weighted by Crippen LogP contribution is 2.43. The van der Waals surface area contributed by atoms with E-state index in [0.29, 0.717) is 43.5 Å². The van der Waals surface area contributed by atoms with Crippen molar-refractivity contribution in [3.8, 4) is 5.75 Å². The molecule has 3 aliphatic rings. The predicted octanol–water partition coefficient (Wildman–Crippen LogP) is 3.03. The van der Waals surface area contributed by atoms with Crippen molar-refractivity contribution >= 4 is 5.91 Å². The second-order valence-corrected chi connectivity index (χ2v) is 8.76. The molecule has 3 fully saturated rings. The fraction of sp³-hybridized carbons (Fsp3) is 0.545. The predicted molar refractivity (Wildman–Crippen MR) is 104 cm³/mol. The zero-order chi connectivity index (χ0) is 20.1. The minimum absolute atomic E-state index is 0.0537. The van der Waals surface area contributed by atoms with E-state index in [4.69, 9.17) is 4.74 Å². The van der Waals surface area contributed by atoms with Crippen molar-refractivity contribution in [2.24, 2.45) is 11.8 Å². The molecule has 0 radical (unpaired) electrons. The Hall–Kier alpha value is -2.41. The van der Waals surface area contributed by atoms with E-state index < -0.39 is 6.10 Å². The molecule has 4 atom stereocenters. The number of benzene rings is 1. The van der Waals surface area contributed by atoms with Gasteiger partial charge in [-0.05, 0) is 68.7 Å². The molecule has 1 aliphatic heterocycles. The van der Waals surface area contributed by atoms with Crippen LogP contribution in [-0.2, 0) is 0 Å². The first-order valence-electron chi connectivity index (χ1n) is 10.4.